The molecule has 1 amide bonds. The highest BCUT2D eigenvalue weighted by Gasteiger charge is 2.44. The molecule has 0 aromatic carbocycles. The Hall–Kier alpha value is -0.610. The number of hydrogen-bond donors (Lipinski definition) is 2. The first-order chi connectivity index (χ1) is 7.16. The Morgan fingerprint density at radius 2 is 2.20 bits per heavy atom. The summed E-state index contributed by atoms with van der Waals surface area (Å²) < 4.78 is 5.35. The van der Waals surface area contributed by atoms with Gasteiger partial charge in [-0.3, -0.25) is 4.79 Å². The molecule has 4 heteroatoms. The van der Waals surface area contributed by atoms with Gasteiger partial charge < -0.3 is 15.8 Å². The molecule has 2 aliphatic carbocycles. The fourth-order valence-electron chi connectivity index (χ4n) is 2.47. The van der Waals surface area contributed by atoms with Crippen LogP contribution in [-0.2, 0) is 9.53 Å². The van der Waals surface area contributed by atoms with Crippen molar-refractivity contribution in [1.29, 1.82) is 0 Å². The normalized spacial score (nSPS) is 36.5. The van der Waals surface area contributed by atoms with E-state index in [4.69, 9.17) is 10.5 Å². The Kier molecular flexibility index (Phi) is 2.98. The minimum Gasteiger partial charge on any atom is -0.381 e. The predicted molar refractivity (Wildman–Crippen MR) is 57.3 cm³/mol. The van der Waals surface area contributed by atoms with Crippen LogP contribution < -0.4 is 11.1 Å². The Labute approximate surface area is 90.5 Å². The lowest BCUT2D eigenvalue weighted by Crippen LogP contribution is -2.59. The van der Waals surface area contributed by atoms with Gasteiger partial charge in [-0.05, 0) is 32.1 Å². The molecule has 0 aromatic rings. The van der Waals surface area contributed by atoms with Crippen molar-refractivity contribution < 1.29 is 9.53 Å². The maximum Gasteiger partial charge on any atom is 0.237 e. The van der Waals surface area contributed by atoms with Crippen LogP contribution in [-0.4, -0.2) is 30.7 Å². The van der Waals surface area contributed by atoms with E-state index in [2.05, 4.69) is 5.32 Å². The van der Waals surface area contributed by atoms with E-state index in [0.717, 1.165) is 25.7 Å². The molecular weight excluding hydrogens is 192 g/mol. The first-order valence-electron chi connectivity index (χ1n) is 5.77. The van der Waals surface area contributed by atoms with Gasteiger partial charge in [0.25, 0.3) is 0 Å². The maximum atomic E-state index is 11.6. The molecule has 0 aromatic heterocycles. The number of rotatable bonds is 4. The second-order valence-electron chi connectivity index (χ2n) is 4.82. The molecule has 2 atom stereocenters. The highest BCUT2D eigenvalue weighted by molar-refractivity contribution is 5.85. The van der Waals surface area contributed by atoms with Gasteiger partial charge in [0.05, 0.1) is 6.10 Å². The molecule has 0 saturated heterocycles. The van der Waals surface area contributed by atoms with Crippen molar-refractivity contribution in [3.8, 4) is 0 Å². The average Bonchev–Trinajstić information content (AvgIpc) is 3.01. The molecule has 3 N–H and O–H groups in total. The Balaban J connectivity index is 2.05. The van der Waals surface area contributed by atoms with Crippen molar-refractivity contribution in [2.75, 3.05) is 7.11 Å². The third-order valence-electron chi connectivity index (χ3n) is 3.57. The van der Waals surface area contributed by atoms with Gasteiger partial charge in [0.15, 0.2) is 0 Å². The van der Waals surface area contributed by atoms with Gasteiger partial charge in [-0.25, -0.2) is 0 Å². The smallest absolute Gasteiger partial charge is 0.237 e. The minimum atomic E-state index is -0.500. The maximum absolute atomic E-state index is 11.6. The number of methoxy groups -OCH3 is 1. The first-order valence-corrected chi connectivity index (χ1v) is 5.77. The molecule has 2 aliphatic rings. The van der Waals surface area contributed by atoms with Gasteiger partial charge in [-0.2, -0.15) is 0 Å². The summed E-state index contributed by atoms with van der Waals surface area (Å²) in [6.45, 7) is 0. The molecule has 0 radical (unpaired) electrons. The topological polar surface area (TPSA) is 64.3 Å². The fraction of sp³-hybridized carbons (Fsp3) is 0.909. The highest BCUT2D eigenvalue weighted by Crippen LogP contribution is 2.33. The van der Waals surface area contributed by atoms with E-state index in [1.54, 1.807) is 7.11 Å². The van der Waals surface area contributed by atoms with Crippen LogP contribution in [0.2, 0.25) is 0 Å². The number of hydrogen-bond acceptors (Lipinski definition) is 3. The molecule has 2 unspecified atom stereocenters. The van der Waals surface area contributed by atoms with Gasteiger partial charge in [0.2, 0.25) is 5.91 Å². The van der Waals surface area contributed by atoms with Gasteiger partial charge in [-0.1, -0.05) is 0 Å². The lowest BCUT2D eigenvalue weighted by Gasteiger charge is -2.38. The van der Waals surface area contributed by atoms with Crippen LogP contribution in [0.3, 0.4) is 0 Å². The lowest BCUT2D eigenvalue weighted by molar-refractivity contribution is -0.128. The average molecular weight is 212 g/mol. The number of primary amides is 1. The fourth-order valence-corrected chi connectivity index (χ4v) is 2.47. The van der Waals surface area contributed by atoms with Crippen LogP contribution in [0.4, 0.5) is 0 Å². The summed E-state index contributed by atoms with van der Waals surface area (Å²) >= 11 is 0. The largest absolute Gasteiger partial charge is 0.381 e. The molecule has 0 aliphatic heterocycles. The van der Waals surface area contributed by atoms with E-state index in [1.165, 1.54) is 12.8 Å². The Bertz CT molecular complexity index is 253. The highest BCUT2D eigenvalue weighted by atomic mass is 16.5. The number of carbonyl (C=O) groups excluding carboxylic acids is 1. The van der Waals surface area contributed by atoms with E-state index in [9.17, 15) is 4.79 Å². The number of nitrogens with one attached hydrogen (secondary N) is 1. The zero-order valence-corrected chi connectivity index (χ0v) is 9.29. The van der Waals surface area contributed by atoms with Crippen LogP contribution >= 0.6 is 0 Å². The summed E-state index contributed by atoms with van der Waals surface area (Å²) in [5, 5.41) is 3.42. The molecule has 15 heavy (non-hydrogen) atoms. The third kappa shape index (κ3) is 2.32. The van der Waals surface area contributed by atoms with E-state index in [0.29, 0.717) is 6.04 Å². The number of carbonyl (C=O) groups is 1. The van der Waals surface area contributed by atoms with E-state index in [1.807, 2.05) is 0 Å². The van der Waals surface area contributed by atoms with E-state index in [-0.39, 0.29) is 12.0 Å². The van der Waals surface area contributed by atoms with Crippen LogP contribution in [0.1, 0.15) is 38.5 Å². The zero-order chi connectivity index (χ0) is 10.9. The van der Waals surface area contributed by atoms with Crippen LogP contribution in [0.25, 0.3) is 0 Å². The van der Waals surface area contributed by atoms with Crippen molar-refractivity contribution in [3.63, 3.8) is 0 Å². The molecule has 2 saturated carbocycles. The van der Waals surface area contributed by atoms with E-state index < -0.39 is 5.54 Å². The second kappa shape index (κ2) is 4.10. The summed E-state index contributed by atoms with van der Waals surface area (Å²) in [7, 11) is 1.71. The summed E-state index contributed by atoms with van der Waals surface area (Å²) in [5.41, 5.74) is 5.04. The van der Waals surface area contributed by atoms with E-state index >= 15 is 0 Å². The monoisotopic (exact) mass is 212 g/mol. The Morgan fingerprint density at radius 3 is 2.73 bits per heavy atom. The molecule has 0 heterocycles. The minimum absolute atomic E-state index is 0.178. The van der Waals surface area contributed by atoms with Gasteiger partial charge in [-0.15, -0.1) is 0 Å². The lowest BCUT2D eigenvalue weighted by atomic mass is 9.79. The molecule has 2 fully saturated rings. The third-order valence-corrected chi connectivity index (χ3v) is 3.57. The molecule has 4 nitrogen and oxygen atoms in total. The zero-order valence-electron chi connectivity index (χ0n) is 9.29. The summed E-state index contributed by atoms with van der Waals surface area (Å²) in [4.78, 5) is 11.6. The predicted octanol–water partition coefficient (Wildman–Crippen LogP) is 0.551. The van der Waals surface area contributed by atoms with Gasteiger partial charge in [0, 0.05) is 19.6 Å². The van der Waals surface area contributed by atoms with Crippen molar-refractivity contribution in [3.05, 3.63) is 0 Å². The van der Waals surface area contributed by atoms with Crippen LogP contribution in [0.5, 0.6) is 0 Å². The van der Waals surface area contributed by atoms with Crippen LogP contribution in [0, 0.1) is 0 Å². The summed E-state index contributed by atoms with van der Waals surface area (Å²) in [6, 6.07) is 0.508. The van der Waals surface area contributed by atoms with Crippen molar-refractivity contribution in [1.82, 2.24) is 5.32 Å². The summed E-state index contributed by atoms with van der Waals surface area (Å²) in [5.74, 6) is -0.212. The standard InChI is InChI=1S/C11H20N2O2/c1-15-9-3-2-6-11(7-9,10(12)14)13-8-4-5-8/h8-9,13H,2-7H2,1H3,(H2,12,14). The molecular formula is C11H20N2O2. The van der Waals surface area contributed by atoms with Crippen LogP contribution in [0.15, 0.2) is 0 Å². The summed E-state index contributed by atoms with van der Waals surface area (Å²) in [6.07, 6.45) is 6.17. The van der Waals surface area contributed by atoms with Crippen molar-refractivity contribution in [2.24, 2.45) is 5.73 Å². The van der Waals surface area contributed by atoms with Crippen molar-refractivity contribution >= 4 is 5.91 Å². The molecule has 0 spiro atoms. The van der Waals surface area contributed by atoms with Gasteiger partial charge in [0.1, 0.15) is 5.54 Å². The quantitative estimate of drug-likeness (QED) is 0.715. The van der Waals surface area contributed by atoms with Gasteiger partial charge >= 0.3 is 0 Å². The molecule has 86 valence electrons. The SMILES string of the molecule is COC1CCCC(NC2CC2)(C(N)=O)C1. The first kappa shape index (κ1) is 10.9. The molecule has 0 bridgehead atoms. The second-order valence-corrected chi connectivity index (χ2v) is 4.82. The Morgan fingerprint density at radius 1 is 1.47 bits per heavy atom. The van der Waals surface area contributed by atoms with Crippen molar-refractivity contribution in [2.45, 2.75) is 56.2 Å². The number of nitrogens with two attached hydrogens (primary N) is 1. The molecule has 2 rings (SSSR count). The number of amides is 1. The number of ether oxygens (including phenoxy) is 1.